The van der Waals surface area contributed by atoms with Crippen LogP contribution in [0.15, 0.2) is 23.2 Å². The molecular formula is C24H42IN3O4. The van der Waals surface area contributed by atoms with Crippen molar-refractivity contribution >= 4 is 29.9 Å². The van der Waals surface area contributed by atoms with E-state index in [2.05, 4.69) is 50.5 Å². The molecule has 7 nitrogen and oxygen atoms in total. The van der Waals surface area contributed by atoms with Gasteiger partial charge in [0.25, 0.3) is 0 Å². The summed E-state index contributed by atoms with van der Waals surface area (Å²) in [7, 11) is 1.77. The number of rotatable bonds is 12. The maximum absolute atomic E-state index is 5.95. The summed E-state index contributed by atoms with van der Waals surface area (Å²) >= 11 is 0. The first-order valence-electron chi connectivity index (χ1n) is 11.6. The summed E-state index contributed by atoms with van der Waals surface area (Å²) in [6.45, 7) is 12.6. The van der Waals surface area contributed by atoms with E-state index < -0.39 is 0 Å². The lowest BCUT2D eigenvalue weighted by molar-refractivity contribution is -0.0828. The molecule has 0 aliphatic carbocycles. The molecule has 0 amide bonds. The van der Waals surface area contributed by atoms with E-state index in [0.717, 1.165) is 68.5 Å². The van der Waals surface area contributed by atoms with Crippen molar-refractivity contribution in [2.24, 2.45) is 4.99 Å². The van der Waals surface area contributed by atoms with Gasteiger partial charge in [0.05, 0.1) is 31.4 Å². The highest BCUT2D eigenvalue weighted by molar-refractivity contribution is 14.0. The lowest BCUT2D eigenvalue weighted by Gasteiger charge is -2.34. The first-order chi connectivity index (χ1) is 15.1. The fourth-order valence-corrected chi connectivity index (χ4v) is 3.45. The third kappa shape index (κ3) is 8.94. The number of benzene rings is 1. The summed E-state index contributed by atoms with van der Waals surface area (Å²) in [5.74, 6) is 2.37. The highest BCUT2D eigenvalue weighted by atomic mass is 127. The molecule has 0 saturated carbocycles. The molecule has 2 rings (SSSR count). The Morgan fingerprint density at radius 3 is 2.34 bits per heavy atom. The molecule has 184 valence electrons. The minimum Gasteiger partial charge on any atom is -0.490 e. The van der Waals surface area contributed by atoms with Crippen molar-refractivity contribution in [1.82, 2.24) is 10.6 Å². The van der Waals surface area contributed by atoms with E-state index in [0.29, 0.717) is 19.8 Å². The van der Waals surface area contributed by atoms with E-state index in [1.165, 1.54) is 0 Å². The van der Waals surface area contributed by atoms with Crippen LogP contribution in [-0.4, -0.2) is 58.2 Å². The van der Waals surface area contributed by atoms with Crippen LogP contribution in [0.4, 0.5) is 0 Å². The van der Waals surface area contributed by atoms with Gasteiger partial charge in [-0.2, -0.15) is 0 Å². The SMILES string of the molecule is CCCOc1ccc(C(C)NC(=NCC2(OC)CCOCC2)NCC)cc1OCCC.I. The Labute approximate surface area is 211 Å². The highest BCUT2D eigenvalue weighted by Crippen LogP contribution is 2.31. The highest BCUT2D eigenvalue weighted by Gasteiger charge is 2.32. The number of halogens is 1. The third-order valence-corrected chi connectivity index (χ3v) is 5.45. The fourth-order valence-electron chi connectivity index (χ4n) is 3.45. The molecule has 0 spiro atoms. The normalized spacial score (nSPS) is 16.6. The number of hydrogen-bond donors (Lipinski definition) is 2. The number of nitrogens with one attached hydrogen (secondary N) is 2. The predicted octanol–water partition coefficient (Wildman–Crippen LogP) is 4.69. The average molecular weight is 564 g/mol. The van der Waals surface area contributed by atoms with Gasteiger partial charge in [-0.1, -0.05) is 19.9 Å². The van der Waals surface area contributed by atoms with Crippen molar-refractivity contribution in [3.63, 3.8) is 0 Å². The molecule has 1 unspecified atom stereocenters. The van der Waals surface area contributed by atoms with Crippen molar-refractivity contribution in [2.75, 3.05) is 46.6 Å². The van der Waals surface area contributed by atoms with Gasteiger partial charge in [0.2, 0.25) is 0 Å². The topological polar surface area (TPSA) is 73.3 Å². The smallest absolute Gasteiger partial charge is 0.191 e. The number of aliphatic imine (C=N–C) groups is 1. The fraction of sp³-hybridized carbons (Fsp3) is 0.708. The van der Waals surface area contributed by atoms with Crippen LogP contribution in [0.25, 0.3) is 0 Å². The van der Waals surface area contributed by atoms with Gasteiger partial charge < -0.3 is 29.6 Å². The Hall–Kier alpha value is -1.26. The Bertz CT molecular complexity index is 681. The maximum atomic E-state index is 5.95. The van der Waals surface area contributed by atoms with Crippen LogP contribution < -0.4 is 20.1 Å². The van der Waals surface area contributed by atoms with Crippen molar-refractivity contribution in [1.29, 1.82) is 0 Å². The van der Waals surface area contributed by atoms with Crippen LogP contribution in [0.3, 0.4) is 0 Å². The lowest BCUT2D eigenvalue weighted by atomic mass is 9.94. The molecule has 0 radical (unpaired) electrons. The summed E-state index contributed by atoms with van der Waals surface area (Å²) in [6, 6.07) is 6.20. The van der Waals surface area contributed by atoms with E-state index in [1.54, 1.807) is 7.11 Å². The molecule has 1 fully saturated rings. The van der Waals surface area contributed by atoms with Crippen LogP contribution in [0.2, 0.25) is 0 Å². The zero-order valence-electron chi connectivity index (χ0n) is 20.4. The predicted molar refractivity (Wildman–Crippen MR) is 141 cm³/mol. The van der Waals surface area contributed by atoms with Crippen LogP contribution in [0.1, 0.15) is 65.0 Å². The van der Waals surface area contributed by atoms with E-state index in [1.807, 2.05) is 6.07 Å². The minimum absolute atomic E-state index is 0. The molecule has 1 heterocycles. The summed E-state index contributed by atoms with van der Waals surface area (Å²) in [5, 5.41) is 6.87. The van der Waals surface area contributed by atoms with Gasteiger partial charge in [-0.3, -0.25) is 4.99 Å². The first kappa shape index (κ1) is 28.8. The summed E-state index contributed by atoms with van der Waals surface area (Å²) in [6.07, 6.45) is 3.64. The standard InChI is InChI=1S/C24H41N3O4.HI/c1-6-13-30-21-10-9-20(17-22(21)31-14-7-2)19(4)27-23(25-8-3)26-18-24(28-5)11-15-29-16-12-24;/h9-10,17,19H,6-8,11-16,18H2,1-5H3,(H2,25,26,27);1H. The number of nitrogens with zero attached hydrogens (tertiary/aromatic N) is 1. The van der Waals surface area contributed by atoms with E-state index in [4.69, 9.17) is 23.9 Å². The molecule has 1 atom stereocenters. The Morgan fingerprint density at radius 1 is 1.09 bits per heavy atom. The van der Waals surface area contributed by atoms with Gasteiger partial charge in [0.1, 0.15) is 0 Å². The Kier molecular flexibility index (Phi) is 14.0. The summed E-state index contributed by atoms with van der Waals surface area (Å²) in [4.78, 5) is 4.83. The molecule has 1 aliphatic heterocycles. The molecule has 0 aromatic heterocycles. The van der Waals surface area contributed by atoms with Crippen LogP contribution in [-0.2, 0) is 9.47 Å². The van der Waals surface area contributed by atoms with Gasteiger partial charge >= 0.3 is 0 Å². The second-order valence-electron chi connectivity index (χ2n) is 7.96. The molecule has 2 N–H and O–H groups in total. The Morgan fingerprint density at radius 2 is 1.75 bits per heavy atom. The largest absolute Gasteiger partial charge is 0.490 e. The van der Waals surface area contributed by atoms with Gasteiger partial charge in [-0.15, -0.1) is 24.0 Å². The molecule has 1 aromatic rings. The number of methoxy groups -OCH3 is 1. The van der Waals surface area contributed by atoms with Crippen LogP contribution in [0, 0.1) is 0 Å². The zero-order valence-corrected chi connectivity index (χ0v) is 22.7. The first-order valence-corrected chi connectivity index (χ1v) is 11.6. The second-order valence-corrected chi connectivity index (χ2v) is 7.96. The number of hydrogen-bond acceptors (Lipinski definition) is 5. The van der Waals surface area contributed by atoms with E-state index in [9.17, 15) is 0 Å². The molecule has 1 saturated heterocycles. The Balaban J connectivity index is 0.00000512. The molecular weight excluding hydrogens is 521 g/mol. The van der Waals surface area contributed by atoms with Crippen molar-refractivity contribution < 1.29 is 18.9 Å². The summed E-state index contributed by atoms with van der Waals surface area (Å²) < 4.78 is 23.1. The van der Waals surface area contributed by atoms with Gasteiger partial charge in [-0.25, -0.2) is 0 Å². The van der Waals surface area contributed by atoms with E-state index in [-0.39, 0.29) is 35.6 Å². The number of ether oxygens (including phenoxy) is 4. The van der Waals surface area contributed by atoms with Crippen LogP contribution >= 0.6 is 24.0 Å². The van der Waals surface area contributed by atoms with Gasteiger partial charge in [0.15, 0.2) is 17.5 Å². The third-order valence-electron chi connectivity index (χ3n) is 5.45. The second kappa shape index (κ2) is 15.6. The zero-order chi connectivity index (χ0) is 22.5. The van der Waals surface area contributed by atoms with Crippen molar-refractivity contribution in [3.05, 3.63) is 23.8 Å². The quantitative estimate of drug-likeness (QED) is 0.218. The van der Waals surface area contributed by atoms with Crippen LogP contribution in [0.5, 0.6) is 11.5 Å². The molecule has 1 aromatic carbocycles. The average Bonchev–Trinajstić information content (AvgIpc) is 2.80. The molecule has 32 heavy (non-hydrogen) atoms. The summed E-state index contributed by atoms with van der Waals surface area (Å²) in [5.41, 5.74) is 0.872. The molecule has 8 heteroatoms. The lowest BCUT2D eigenvalue weighted by Crippen LogP contribution is -2.44. The molecule has 1 aliphatic rings. The van der Waals surface area contributed by atoms with E-state index >= 15 is 0 Å². The van der Waals surface area contributed by atoms with Gasteiger partial charge in [0, 0.05) is 39.7 Å². The monoisotopic (exact) mass is 563 g/mol. The van der Waals surface area contributed by atoms with Crippen molar-refractivity contribution in [2.45, 2.75) is 65.0 Å². The van der Waals surface area contributed by atoms with Crippen molar-refractivity contribution in [3.8, 4) is 11.5 Å². The maximum Gasteiger partial charge on any atom is 0.191 e. The van der Waals surface area contributed by atoms with Gasteiger partial charge in [-0.05, 0) is 44.4 Å². The molecule has 0 bridgehead atoms. The number of guanidine groups is 1. The minimum atomic E-state index is -0.247.